The summed E-state index contributed by atoms with van der Waals surface area (Å²) in [5.41, 5.74) is 2.30. The van der Waals surface area contributed by atoms with Crippen molar-refractivity contribution < 1.29 is 0 Å². The van der Waals surface area contributed by atoms with Gasteiger partial charge in [0.25, 0.3) is 0 Å². The molecule has 2 rings (SSSR count). The molecule has 0 spiro atoms. The molecule has 0 saturated carbocycles. The first-order valence-electron chi connectivity index (χ1n) is 3.87. The van der Waals surface area contributed by atoms with E-state index in [2.05, 4.69) is 62.8 Å². The molecular weight excluding hydrogens is 343 g/mol. The minimum atomic E-state index is 1.09. The SMILES string of the molecule is Cc1cc(Br)c(I)c2cn(C)nc12. The summed E-state index contributed by atoms with van der Waals surface area (Å²) in [6.45, 7) is 2.08. The van der Waals surface area contributed by atoms with E-state index < -0.39 is 0 Å². The van der Waals surface area contributed by atoms with Gasteiger partial charge < -0.3 is 0 Å². The summed E-state index contributed by atoms with van der Waals surface area (Å²) in [4.78, 5) is 0. The second-order valence-corrected chi connectivity index (χ2v) is 4.99. The van der Waals surface area contributed by atoms with Crippen LogP contribution >= 0.6 is 38.5 Å². The molecule has 0 fully saturated rings. The lowest BCUT2D eigenvalue weighted by atomic mass is 10.2. The number of nitrogens with zero attached hydrogens (tertiary/aromatic N) is 2. The summed E-state index contributed by atoms with van der Waals surface area (Å²) in [5, 5.41) is 5.62. The van der Waals surface area contributed by atoms with E-state index in [1.54, 1.807) is 0 Å². The molecule has 0 N–H and O–H groups in total. The van der Waals surface area contributed by atoms with Crippen molar-refractivity contribution in [2.24, 2.45) is 7.05 Å². The first-order chi connectivity index (χ1) is 6.09. The van der Waals surface area contributed by atoms with Crippen molar-refractivity contribution in [1.82, 2.24) is 9.78 Å². The second kappa shape index (κ2) is 3.24. The number of halogens is 2. The first-order valence-corrected chi connectivity index (χ1v) is 5.74. The lowest BCUT2D eigenvalue weighted by molar-refractivity contribution is 0.779. The van der Waals surface area contributed by atoms with E-state index in [0.29, 0.717) is 0 Å². The predicted molar refractivity (Wildman–Crippen MR) is 65.9 cm³/mol. The van der Waals surface area contributed by atoms with Crippen LogP contribution in [0.4, 0.5) is 0 Å². The van der Waals surface area contributed by atoms with Crippen LogP contribution in [0.15, 0.2) is 16.7 Å². The minimum absolute atomic E-state index is 1.09. The minimum Gasteiger partial charge on any atom is -0.275 e. The summed E-state index contributed by atoms with van der Waals surface area (Å²) >= 11 is 5.86. The third kappa shape index (κ3) is 1.50. The molecule has 2 nitrogen and oxygen atoms in total. The van der Waals surface area contributed by atoms with Gasteiger partial charge in [-0.05, 0) is 57.1 Å². The van der Waals surface area contributed by atoms with E-state index in [1.165, 1.54) is 14.5 Å². The fourth-order valence-electron chi connectivity index (χ4n) is 1.39. The van der Waals surface area contributed by atoms with Gasteiger partial charge in [-0.1, -0.05) is 0 Å². The fraction of sp³-hybridized carbons (Fsp3) is 0.222. The zero-order chi connectivity index (χ0) is 9.59. The molecule has 0 aliphatic heterocycles. The van der Waals surface area contributed by atoms with Gasteiger partial charge in [0.1, 0.15) is 0 Å². The van der Waals surface area contributed by atoms with Crippen molar-refractivity contribution >= 4 is 49.4 Å². The Hall–Kier alpha value is -0.100. The Bertz CT molecular complexity index is 476. The molecule has 0 radical (unpaired) electrons. The van der Waals surface area contributed by atoms with Crippen LogP contribution in [-0.4, -0.2) is 9.78 Å². The molecule has 0 amide bonds. The maximum absolute atomic E-state index is 4.41. The molecule has 0 bridgehead atoms. The van der Waals surface area contributed by atoms with Crippen LogP contribution in [0, 0.1) is 10.5 Å². The molecule has 13 heavy (non-hydrogen) atoms. The molecular formula is C9H8BrIN2. The standard InChI is InChI=1S/C9H8BrIN2/c1-5-3-7(10)8(11)6-4-13(2)12-9(5)6/h3-4H,1-2H3. The van der Waals surface area contributed by atoms with Gasteiger partial charge >= 0.3 is 0 Å². The van der Waals surface area contributed by atoms with Crippen LogP contribution in [-0.2, 0) is 7.05 Å². The lowest BCUT2D eigenvalue weighted by Crippen LogP contribution is -1.86. The van der Waals surface area contributed by atoms with E-state index in [4.69, 9.17) is 0 Å². The quantitative estimate of drug-likeness (QED) is 0.667. The molecule has 1 aromatic carbocycles. The average Bonchev–Trinajstić information content (AvgIpc) is 2.44. The monoisotopic (exact) mass is 350 g/mol. The number of fused-ring (bicyclic) bond motifs is 1. The first kappa shape index (κ1) is 9.45. The molecule has 4 heteroatoms. The topological polar surface area (TPSA) is 17.8 Å². The summed E-state index contributed by atoms with van der Waals surface area (Å²) < 4.78 is 4.23. The smallest absolute Gasteiger partial charge is 0.0963 e. The van der Waals surface area contributed by atoms with Gasteiger partial charge in [-0.15, -0.1) is 0 Å². The number of aromatic nitrogens is 2. The molecule has 1 heterocycles. The largest absolute Gasteiger partial charge is 0.275 e. The number of hydrogen-bond acceptors (Lipinski definition) is 1. The predicted octanol–water partition coefficient (Wildman–Crippen LogP) is 3.25. The number of aryl methyl sites for hydroxylation is 2. The molecule has 0 saturated heterocycles. The van der Waals surface area contributed by atoms with E-state index in [-0.39, 0.29) is 0 Å². The molecule has 2 aromatic rings. The van der Waals surface area contributed by atoms with Crippen molar-refractivity contribution in [2.75, 3.05) is 0 Å². The van der Waals surface area contributed by atoms with Gasteiger partial charge in [0.2, 0.25) is 0 Å². The normalized spacial score (nSPS) is 11.1. The van der Waals surface area contributed by atoms with Gasteiger partial charge in [0.05, 0.1) is 5.52 Å². The Morgan fingerprint density at radius 3 is 2.92 bits per heavy atom. The molecule has 0 atom stereocenters. The van der Waals surface area contributed by atoms with Crippen molar-refractivity contribution in [1.29, 1.82) is 0 Å². The van der Waals surface area contributed by atoms with E-state index >= 15 is 0 Å². The van der Waals surface area contributed by atoms with Gasteiger partial charge in [-0.3, -0.25) is 4.68 Å². The highest BCUT2D eigenvalue weighted by Crippen LogP contribution is 2.29. The summed E-state index contributed by atoms with van der Waals surface area (Å²) in [7, 11) is 1.95. The van der Waals surface area contributed by atoms with Crippen molar-refractivity contribution in [3.63, 3.8) is 0 Å². The lowest BCUT2D eigenvalue weighted by Gasteiger charge is -1.99. The average molecular weight is 351 g/mol. The highest BCUT2D eigenvalue weighted by atomic mass is 127. The maximum Gasteiger partial charge on any atom is 0.0963 e. The Morgan fingerprint density at radius 2 is 2.23 bits per heavy atom. The third-order valence-electron chi connectivity index (χ3n) is 1.99. The Balaban J connectivity index is 2.95. The van der Waals surface area contributed by atoms with Crippen LogP contribution in [0.1, 0.15) is 5.56 Å². The molecule has 68 valence electrons. The third-order valence-corrected chi connectivity index (χ3v) is 4.52. The van der Waals surface area contributed by atoms with Crippen LogP contribution in [0.3, 0.4) is 0 Å². The van der Waals surface area contributed by atoms with Crippen LogP contribution in [0.5, 0.6) is 0 Å². The van der Waals surface area contributed by atoms with E-state index in [1.807, 2.05) is 11.7 Å². The summed E-state index contributed by atoms with van der Waals surface area (Å²) in [5.74, 6) is 0. The molecule has 0 unspecified atom stereocenters. The Labute approximate surface area is 98.6 Å². The zero-order valence-electron chi connectivity index (χ0n) is 7.31. The summed E-state index contributed by atoms with van der Waals surface area (Å²) in [6, 6.07) is 2.11. The Kier molecular flexibility index (Phi) is 2.35. The summed E-state index contributed by atoms with van der Waals surface area (Å²) in [6.07, 6.45) is 2.05. The number of rotatable bonds is 0. The zero-order valence-corrected chi connectivity index (χ0v) is 11.0. The second-order valence-electron chi connectivity index (χ2n) is 3.05. The number of hydrogen-bond donors (Lipinski definition) is 0. The van der Waals surface area contributed by atoms with Crippen molar-refractivity contribution in [2.45, 2.75) is 6.92 Å². The van der Waals surface area contributed by atoms with Crippen molar-refractivity contribution in [3.05, 3.63) is 25.9 Å². The van der Waals surface area contributed by atoms with Crippen molar-refractivity contribution in [3.8, 4) is 0 Å². The maximum atomic E-state index is 4.41. The van der Waals surface area contributed by atoms with Crippen LogP contribution < -0.4 is 0 Å². The van der Waals surface area contributed by atoms with Gasteiger partial charge in [0, 0.05) is 26.7 Å². The fourth-order valence-corrected chi connectivity index (χ4v) is 2.50. The molecule has 1 aromatic heterocycles. The van der Waals surface area contributed by atoms with E-state index in [9.17, 15) is 0 Å². The van der Waals surface area contributed by atoms with E-state index in [0.717, 1.165) is 9.99 Å². The van der Waals surface area contributed by atoms with Crippen LogP contribution in [0.2, 0.25) is 0 Å². The highest BCUT2D eigenvalue weighted by molar-refractivity contribution is 14.1. The van der Waals surface area contributed by atoms with Gasteiger partial charge in [-0.25, -0.2) is 0 Å². The Morgan fingerprint density at radius 1 is 1.54 bits per heavy atom. The number of benzene rings is 1. The highest BCUT2D eigenvalue weighted by Gasteiger charge is 2.08. The van der Waals surface area contributed by atoms with Crippen LogP contribution in [0.25, 0.3) is 10.9 Å². The molecule has 0 aliphatic carbocycles. The van der Waals surface area contributed by atoms with Gasteiger partial charge in [-0.2, -0.15) is 5.10 Å². The van der Waals surface area contributed by atoms with Gasteiger partial charge in [0.15, 0.2) is 0 Å². The molecule has 0 aliphatic rings.